The van der Waals surface area contributed by atoms with Gasteiger partial charge < -0.3 is 18.8 Å². The van der Waals surface area contributed by atoms with Gasteiger partial charge in [0.1, 0.15) is 6.10 Å². The largest absolute Gasteiger partial charge is 0.494 e. The van der Waals surface area contributed by atoms with Gasteiger partial charge in [-0.15, -0.1) is 0 Å². The highest BCUT2D eigenvalue weighted by atomic mass is 79.9. The van der Waals surface area contributed by atoms with Crippen molar-refractivity contribution in [3.05, 3.63) is 35.0 Å². The molecule has 1 aliphatic heterocycles. The van der Waals surface area contributed by atoms with Gasteiger partial charge in [0.05, 0.1) is 19.5 Å². The first-order valence-electron chi connectivity index (χ1n) is 7.23. The van der Waals surface area contributed by atoms with Gasteiger partial charge in [-0.3, -0.25) is 4.79 Å². The maximum absolute atomic E-state index is 12.3. The summed E-state index contributed by atoms with van der Waals surface area (Å²) in [4.78, 5) is 22.2. The number of likely N-dealkylation sites (tertiary alicyclic amines) is 1. The molecule has 1 saturated heterocycles. The summed E-state index contributed by atoms with van der Waals surface area (Å²) >= 11 is 3.20. The monoisotopic (exact) mass is 381 g/mol. The lowest BCUT2D eigenvalue weighted by molar-refractivity contribution is 0.0549. The number of carbonyl (C=O) groups is 1. The minimum atomic E-state index is -0.102. The molecule has 23 heavy (non-hydrogen) atoms. The van der Waals surface area contributed by atoms with Crippen LogP contribution < -0.4 is 9.47 Å². The fourth-order valence-electron chi connectivity index (χ4n) is 2.38. The SMILES string of the molecule is COc1cnc(OC2CCN(C(=O)c3ccc(Br)o3)CC2)nc1. The quantitative estimate of drug-likeness (QED) is 0.809. The Labute approximate surface area is 141 Å². The highest BCUT2D eigenvalue weighted by molar-refractivity contribution is 9.10. The summed E-state index contributed by atoms with van der Waals surface area (Å²) < 4.78 is 16.6. The van der Waals surface area contributed by atoms with E-state index in [1.54, 1.807) is 36.5 Å². The summed E-state index contributed by atoms with van der Waals surface area (Å²) in [6.45, 7) is 1.22. The van der Waals surface area contributed by atoms with Crippen molar-refractivity contribution in [2.24, 2.45) is 0 Å². The third kappa shape index (κ3) is 3.82. The van der Waals surface area contributed by atoms with Crippen LogP contribution in [-0.2, 0) is 0 Å². The molecule has 2 aromatic rings. The molecule has 0 radical (unpaired) electrons. The van der Waals surface area contributed by atoms with Crippen molar-refractivity contribution in [3.63, 3.8) is 0 Å². The molecule has 3 rings (SSSR count). The molecule has 7 nitrogen and oxygen atoms in total. The van der Waals surface area contributed by atoms with Crippen molar-refractivity contribution < 1.29 is 18.7 Å². The third-order valence-corrected chi connectivity index (χ3v) is 4.05. The highest BCUT2D eigenvalue weighted by Crippen LogP contribution is 2.20. The van der Waals surface area contributed by atoms with E-state index in [-0.39, 0.29) is 12.0 Å². The number of furan rings is 1. The number of hydrogen-bond acceptors (Lipinski definition) is 6. The number of hydrogen-bond donors (Lipinski definition) is 0. The number of methoxy groups -OCH3 is 1. The summed E-state index contributed by atoms with van der Waals surface area (Å²) in [6.07, 6.45) is 4.58. The van der Waals surface area contributed by atoms with Gasteiger partial charge in [0.2, 0.25) is 0 Å². The minimum absolute atomic E-state index is 0.00391. The fourth-order valence-corrected chi connectivity index (χ4v) is 2.69. The molecule has 0 unspecified atom stereocenters. The number of amides is 1. The van der Waals surface area contributed by atoms with Crippen LogP contribution in [0.5, 0.6) is 11.8 Å². The van der Waals surface area contributed by atoms with Crippen molar-refractivity contribution in [1.82, 2.24) is 14.9 Å². The molecule has 0 atom stereocenters. The number of aromatic nitrogens is 2. The standard InChI is InChI=1S/C15H16BrN3O4/c1-21-11-8-17-15(18-9-11)22-10-4-6-19(7-5-10)14(20)12-2-3-13(16)23-12/h2-3,8-10H,4-7H2,1H3. The molecule has 3 heterocycles. The van der Waals surface area contributed by atoms with Gasteiger partial charge in [0, 0.05) is 25.9 Å². The molecule has 122 valence electrons. The van der Waals surface area contributed by atoms with E-state index in [9.17, 15) is 4.79 Å². The number of nitrogens with zero attached hydrogens (tertiary/aromatic N) is 3. The molecule has 0 saturated carbocycles. The van der Waals surface area contributed by atoms with Gasteiger partial charge in [0.15, 0.2) is 16.2 Å². The van der Waals surface area contributed by atoms with Crippen LogP contribution in [0.3, 0.4) is 0 Å². The van der Waals surface area contributed by atoms with E-state index >= 15 is 0 Å². The Morgan fingerprint density at radius 2 is 2.00 bits per heavy atom. The van der Waals surface area contributed by atoms with Gasteiger partial charge in [-0.25, -0.2) is 0 Å². The second-order valence-electron chi connectivity index (χ2n) is 5.12. The third-order valence-electron chi connectivity index (χ3n) is 3.63. The van der Waals surface area contributed by atoms with Crippen molar-refractivity contribution in [2.75, 3.05) is 20.2 Å². The zero-order chi connectivity index (χ0) is 16.2. The summed E-state index contributed by atoms with van der Waals surface area (Å²) in [5.41, 5.74) is 0. The summed E-state index contributed by atoms with van der Waals surface area (Å²) in [5, 5.41) is 0. The number of ether oxygens (including phenoxy) is 2. The first-order valence-corrected chi connectivity index (χ1v) is 8.02. The van der Waals surface area contributed by atoms with E-state index in [0.717, 1.165) is 12.8 Å². The number of piperidine rings is 1. The lowest BCUT2D eigenvalue weighted by Gasteiger charge is -2.31. The zero-order valence-corrected chi connectivity index (χ0v) is 14.2. The van der Waals surface area contributed by atoms with Crippen molar-refractivity contribution >= 4 is 21.8 Å². The van der Waals surface area contributed by atoms with Crippen LogP contribution in [0.15, 0.2) is 33.6 Å². The molecule has 1 fully saturated rings. The van der Waals surface area contributed by atoms with E-state index < -0.39 is 0 Å². The Kier molecular flexibility index (Phi) is 4.80. The molecule has 0 spiro atoms. The van der Waals surface area contributed by atoms with Crippen molar-refractivity contribution in [1.29, 1.82) is 0 Å². The predicted octanol–water partition coefficient (Wildman–Crippen LogP) is 2.52. The maximum Gasteiger partial charge on any atom is 0.316 e. The number of rotatable bonds is 4. The average Bonchev–Trinajstić information content (AvgIpc) is 3.02. The summed E-state index contributed by atoms with van der Waals surface area (Å²) in [6, 6.07) is 3.70. The predicted molar refractivity (Wildman–Crippen MR) is 84.5 cm³/mol. The molecular weight excluding hydrogens is 366 g/mol. The Hall–Kier alpha value is -2.09. The fraction of sp³-hybridized carbons (Fsp3) is 0.400. The second kappa shape index (κ2) is 6.99. The molecule has 8 heteroatoms. The molecule has 1 amide bonds. The van der Waals surface area contributed by atoms with Crippen LogP contribution in [0, 0.1) is 0 Å². The van der Waals surface area contributed by atoms with Gasteiger partial charge >= 0.3 is 6.01 Å². The van der Waals surface area contributed by atoms with Crippen LogP contribution in [0.25, 0.3) is 0 Å². The Bertz CT molecular complexity index is 666. The van der Waals surface area contributed by atoms with Gasteiger partial charge in [-0.05, 0) is 28.1 Å². The normalized spacial score (nSPS) is 15.5. The summed E-state index contributed by atoms with van der Waals surface area (Å²) in [5.74, 6) is 0.826. The van der Waals surface area contributed by atoms with Crippen LogP contribution in [-0.4, -0.2) is 47.1 Å². The van der Waals surface area contributed by atoms with Gasteiger partial charge in [-0.2, -0.15) is 9.97 Å². The molecule has 0 aliphatic carbocycles. The van der Waals surface area contributed by atoms with Gasteiger partial charge in [-0.1, -0.05) is 0 Å². The number of carbonyl (C=O) groups excluding carboxylic acids is 1. The summed E-state index contributed by atoms with van der Waals surface area (Å²) in [7, 11) is 1.56. The molecular formula is C15H16BrN3O4. The zero-order valence-electron chi connectivity index (χ0n) is 12.6. The van der Waals surface area contributed by atoms with E-state index in [4.69, 9.17) is 13.9 Å². The molecule has 0 aromatic carbocycles. The Morgan fingerprint density at radius 3 is 2.57 bits per heavy atom. The molecule has 0 N–H and O–H groups in total. The lowest BCUT2D eigenvalue weighted by atomic mass is 10.1. The molecule has 1 aliphatic rings. The number of halogens is 1. The van der Waals surface area contributed by atoms with Crippen molar-refractivity contribution in [3.8, 4) is 11.8 Å². The van der Waals surface area contributed by atoms with Gasteiger partial charge in [0.25, 0.3) is 5.91 Å². The van der Waals surface area contributed by atoms with Crippen LogP contribution >= 0.6 is 15.9 Å². The minimum Gasteiger partial charge on any atom is -0.494 e. The second-order valence-corrected chi connectivity index (χ2v) is 5.90. The Balaban J connectivity index is 1.52. The average molecular weight is 382 g/mol. The van der Waals surface area contributed by atoms with Crippen molar-refractivity contribution in [2.45, 2.75) is 18.9 Å². The Morgan fingerprint density at radius 1 is 1.30 bits per heavy atom. The van der Waals surface area contributed by atoms with Crippen LogP contribution in [0.1, 0.15) is 23.4 Å². The first kappa shape index (κ1) is 15.8. The first-order chi connectivity index (χ1) is 11.2. The maximum atomic E-state index is 12.3. The molecule has 0 bridgehead atoms. The van der Waals surface area contributed by atoms with Crippen LogP contribution in [0.4, 0.5) is 0 Å². The smallest absolute Gasteiger partial charge is 0.316 e. The van der Waals surface area contributed by atoms with E-state index in [0.29, 0.717) is 35.3 Å². The van der Waals surface area contributed by atoms with E-state index in [1.807, 2.05) is 0 Å². The lowest BCUT2D eigenvalue weighted by Crippen LogP contribution is -2.41. The van der Waals surface area contributed by atoms with Crippen LogP contribution in [0.2, 0.25) is 0 Å². The van der Waals surface area contributed by atoms with E-state index in [2.05, 4.69) is 25.9 Å². The topological polar surface area (TPSA) is 77.7 Å². The molecule has 2 aromatic heterocycles. The highest BCUT2D eigenvalue weighted by Gasteiger charge is 2.26. The van der Waals surface area contributed by atoms with E-state index in [1.165, 1.54) is 0 Å².